The number of nitrogens with one attached hydrogen (secondary N) is 3. The highest BCUT2D eigenvalue weighted by atomic mass is 32.2. The summed E-state index contributed by atoms with van der Waals surface area (Å²) < 4.78 is 163. The molecule has 2 spiro atoms. The van der Waals surface area contributed by atoms with E-state index in [2.05, 4.69) is 60.5 Å². The van der Waals surface area contributed by atoms with Gasteiger partial charge >= 0.3 is 30.6 Å². The summed E-state index contributed by atoms with van der Waals surface area (Å²) in [5.74, 6) is -7.93. The lowest BCUT2D eigenvalue weighted by molar-refractivity contribution is -0.275. The zero-order valence-electron chi connectivity index (χ0n) is 70.2. The molecule has 2 aromatic heterocycles. The first kappa shape index (κ1) is 93.9. The number of hydrogen-bond donors (Lipinski definition) is 5. The number of aryl methyl sites for hydroxylation is 4. The Morgan fingerprint density at radius 1 is 0.587 bits per heavy atom. The van der Waals surface area contributed by atoms with Gasteiger partial charge in [0.1, 0.15) is 68.6 Å². The molecule has 2 saturated heterocycles. The Labute approximate surface area is 701 Å². The maximum absolute atomic E-state index is 14.9. The third-order valence-electron chi connectivity index (χ3n) is 23.9. The van der Waals surface area contributed by atoms with Crippen LogP contribution in [0.25, 0.3) is 21.8 Å². The van der Waals surface area contributed by atoms with Crippen LogP contribution in [0.3, 0.4) is 0 Å². The molecule has 35 heteroatoms. The minimum absolute atomic E-state index is 0.0146. The molecule has 8 aliphatic rings. The highest BCUT2D eigenvalue weighted by Gasteiger charge is 2.65. The molecule has 0 radical (unpaired) electrons. The second kappa shape index (κ2) is 35.5. The maximum Gasteiger partial charge on any atom is 0.573 e. The van der Waals surface area contributed by atoms with Gasteiger partial charge in [0.25, 0.3) is 11.8 Å². The molecular weight excluding hydrogens is 1630 g/mol. The van der Waals surface area contributed by atoms with E-state index in [1.54, 1.807) is 74.5 Å². The van der Waals surface area contributed by atoms with Gasteiger partial charge in [-0.15, -0.1) is 52.7 Å². The zero-order chi connectivity index (χ0) is 89.4. The Hall–Kier alpha value is -9.38. The van der Waals surface area contributed by atoms with Crippen LogP contribution in [0.1, 0.15) is 219 Å². The number of aromatic nitrogens is 2. The lowest BCUT2D eigenvalue weighted by Crippen LogP contribution is -2.57. The average Bonchev–Trinajstić information content (AvgIpc) is 1.57. The predicted molar refractivity (Wildman–Crippen MR) is 436 cm³/mol. The number of rotatable bonds is 31. The number of carbonyl (C=O) groups excluding carboxylic acids is 7. The standard InChI is InChI=1S/C43H55F3N4O9S.C33H41F3N2O7.C10H16N2O3S/c1-8-10-11-12-13-14-27(21-34(51)58-39(4,5)6)37(53)50-25-41(18-17-30-31-22-29(57-43(44,45)46)15-16-32(31)47-26(3)35(30)59-41)24-33(50)36(52)48-42(23-28(42)9-2)38(54)49-60(55,56)40(7)19-20-40;1-6-7-8-9-10-11-21(16-27(39)44-31(3,4)5)29(40)38-19-32(18-26(38)30(41)42)15-14-23-24-17-22(43-33(34,35)36)12-13-25(24)37-20(2)28(23)45-32;1-3-7-6-10(7,11)8(13)12-16(14,15)9(2)4-5-9/h8-9,15-16,22,27-28,33H,1-2,10-14,17-21,23-25H2,3-7H3,(H,48,52)(H,49,54);6,12-13,17,21,26H,1,7-11,14-16,18-19H2,2-5H3,(H,41,42);3,7H,1,4-6,11H2,2H3,(H,12,13)/t27-,28-,33?,41?,42-;21-,26+,32?;7-,10-/m111/s1. The van der Waals surface area contributed by atoms with Crippen LogP contribution >= 0.6 is 0 Å². The molecule has 3 unspecified atom stereocenters. The number of carboxylic acid groups (broad SMARTS) is 1. The number of aliphatic carboxylic acids is 1. The third-order valence-corrected chi connectivity index (χ3v) is 28.2. The highest BCUT2D eigenvalue weighted by molar-refractivity contribution is 7.92. The van der Waals surface area contributed by atoms with E-state index in [1.165, 1.54) is 59.2 Å². The van der Waals surface area contributed by atoms with Crippen LogP contribution in [0.15, 0.2) is 87.0 Å². The predicted octanol–water partition coefficient (Wildman–Crippen LogP) is 13.2. The second-order valence-electron chi connectivity index (χ2n) is 35.9. The van der Waals surface area contributed by atoms with Crippen molar-refractivity contribution < 1.29 is 115 Å². The molecule has 6 fully saturated rings. The van der Waals surface area contributed by atoms with Crippen LogP contribution in [0.5, 0.6) is 23.0 Å². The van der Waals surface area contributed by atoms with E-state index in [0.29, 0.717) is 126 Å². The molecule has 2 aromatic carbocycles. The molecule has 6 heterocycles. The third kappa shape index (κ3) is 22.4. The number of hydrogen-bond acceptors (Lipinski definition) is 21. The highest BCUT2D eigenvalue weighted by Crippen LogP contribution is 2.52. The van der Waals surface area contributed by atoms with Gasteiger partial charge in [-0.3, -0.25) is 43.0 Å². The minimum atomic E-state index is -4.91. The number of carboxylic acids is 1. The molecular formula is C86H112F6N8O19S2. The summed E-state index contributed by atoms with van der Waals surface area (Å²) >= 11 is 0. The Balaban J connectivity index is 0.000000220. The van der Waals surface area contributed by atoms with Crippen molar-refractivity contribution in [2.45, 2.75) is 291 Å². The first-order chi connectivity index (χ1) is 56.2. The summed E-state index contributed by atoms with van der Waals surface area (Å²) in [5.41, 5.74) is 2.36. The van der Waals surface area contributed by atoms with Gasteiger partial charge in [0, 0.05) is 58.4 Å². The number of nitrogens with two attached hydrogens (primary N) is 1. The van der Waals surface area contributed by atoms with Gasteiger partial charge in [-0.1, -0.05) is 50.0 Å². The number of carbonyl (C=O) groups is 8. The van der Waals surface area contributed by atoms with Gasteiger partial charge in [0.15, 0.2) is 0 Å². The summed E-state index contributed by atoms with van der Waals surface area (Å²) in [4.78, 5) is 119. The minimum Gasteiger partial charge on any atom is -0.483 e. The van der Waals surface area contributed by atoms with Gasteiger partial charge in [-0.2, -0.15) is 0 Å². The van der Waals surface area contributed by atoms with Crippen molar-refractivity contribution in [2.75, 3.05) is 13.1 Å². The number of alkyl halides is 6. The van der Waals surface area contributed by atoms with E-state index in [0.717, 1.165) is 38.5 Å². The largest absolute Gasteiger partial charge is 0.573 e. The normalized spacial score (nSPS) is 24.5. The van der Waals surface area contributed by atoms with Gasteiger partial charge in [-0.05, 0) is 208 Å². The van der Waals surface area contributed by atoms with Crippen LogP contribution < -0.4 is 39.4 Å². The zero-order valence-corrected chi connectivity index (χ0v) is 71.8. The Morgan fingerprint density at radius 2 is 0.992 bits per heavy atom. The Kier molecular flexibility index (Phi) is 27.5. The summed E-state index contributed by atoms with van der Waals surface area (Å²) in [7, 11) is -7.64. The molecule has 4 aromatic rings. The Bertz CT molecular complexity index is 4960. The van der Waals surface area contributed by atoms with Crippen molar-refractivity contribution in [3.05, 3.63) is 110 Å². The molecule has 4 saturated carbocycles. The van der Waals surface area contributed by atoms with E-state index >= 15 is 0 Å². The van der Waals surface area contributed by atoms with Gasteiger partial charge < -0.3 is 54.4 Å². The second-order valence-corrected chi connectivity index (χ2v) is 40.3. The quantitative estimate of drug-likeness (QED) is 0.0135. The number of esters is 2. The summed E-state index contributed by atoms with van der Waals surface area (Å²) in [5, 5.41) is 13.8. The van der Waals surface area contributed by atoms with Crippen LogP contribution in [-0.2, 0) is 80.7 Å². The van der Waals surface area contributed by atoms with E-state index in [1.807, 2.05) is 6.08 Å². The van der Waals surface area contributed by atoms with Crippen LogP contribution in [0.2, 0.25) is 0 Å². The fourth-order valence-electron chi connectivity index (χ4n) is 16.3. The van der Waals surface area contributed by atoms with Crippen LogP contribution in [-0.4, -0.2) is 170 Å². The lowest BCUT2D eigenvalue weighted by atomic mass is 9.87. The van der Waals surface area contributed by atoms with E-state index in [4.69, 9.17) is 24.7 Å². The van der Waals surface area contributed by atoms with E-state index < -0.39 is 159 Å². The summed E-state index contributed by atoms with van der Waals surface area (Å²) in [6.07, 6.45) is 7.09. The number of sulfonamides is 2. The van der Waals surface area contributed by atoms with Gasteiger partial charge in [0.2, 0.25) is 37.8 Å². The number of allylic oxidation sites excluding steroid dienone is 2. The molecule has 27 nitrogen and oxygen atoms in total. The number of unbranched alkanes of at least 4 members (excludes halogenated alkanes) is 6. The Morgan fingerprint density at radius 3 is 1.36 bits per heavy atom. The first-order valence-electron chi connectivity index (χ1n) is 40.9. The van der Waals surface area contributed by atoms with Crippen LogP contribution in [0.4, 0.5) is 26.3 Å². The SMILES string of the molecule is C=CCCCCC[C@H](CC(=O)OC(C)(C)C)C(=O)N1CC2(CCc3c(c(C)nc4ccc(OC(F)(F)F)cc34)O2)CC1C(=O)N[C@]1(C(=O)NS(=O)(=O)C2(C)CC2)C[C@H]1C=C.C=CCCCCC[C@H](CC(=O)OC(C)(C)C)C(=O)N1CC2(CCc3c(c(C)nc4ccc(OC(F)(F)F)cc34)O2)C[C@H]1C(=O)O.C=C[C@@H]1C[C@]1(N)C(=O)NS(=O)(=O)C1(C)CC1. The summed E-state index contributed by atoms with van der Waals surface area (Å²) in [6.45, 7) is 31.7. The van der Waals surface area contributed by atoms with Crippen molar-refractivity contribution >= 4 is 89.3 Å². The number of nitrogens with zero attached hydrogens (tertiary/aromatic N) is 4. The molecule has 12 rings (SSSR count). The van der Waals surface area contributed by atoms with Crippen molar-refractivity contribution in [1.82, 2.24) is 34.5 Å². The molecule has 4 aliphatic heterocycles. The van der Waals surface area contributed by atoms with Crippen molar-refractivity contribution in [2.24, 2.45) is 29.4 Å². The van der Waals surface area contributed by atoms with Gasteiger partial charge in [-0.25, -0.2) is 31.6 Å². The molecule has 664 valence electrons. The maximum atomic E-state index is 14.9. The molecule has 0 bridgehead atoms. The van der Waals surface area contributed by atoms with Gasteiger partial charge in [0.05, 0.1) is 57.8 Å². The van der Waals surface area contributed by atoms with E-state index in [-0.39, 0.29) is 69.7 Å². The van der Waals surface area contributed by atoms with Crippen molar-refractivity contribution in [1.29, 1.82) is 0 Å². The molecule has 6 N–H and O–H groups in total. The fraction of sp³-hybridized carbons (Fsp3) is 0.605. The van der Waals surface area contributed by atoms with Crippen LogP contribution in [0, 0.1) is 37.5 Å². The summed E-state index contributed by atoms with van der Waals surface area (Å²) in [6, 6.07) is 5.39. The average molecular weight is 1740 g/mol. The number of likely N-dealkylation sites (tertiary alicyclic amines) is 2. The first-order valence-corrected chi connectivity index (χ1v) is 43.9. The fourth-order valence-corrected chi connectivity index (χ4v) is 18.9. The molecule has 10 atom stereocenters. The number of fused-ring (bicyclic) bond motifs is 6. The molecule has 5 amide bonds. The number of amides is 5. The lowest BCUT2D eigenvalue weighted by Gasteiger charge is -2.36. The number of pyridine rings is 2. The van der Waals surface area contributed by atoms with Crippen molar-refractivity contribution in [3.63, 3.8) is 0 Å². The van der Waals surface area contributed by atoms with E-state index in [9.17, 15) is 86.6 Å². The number of benzene rings is 2. The monoisotopic (exact) mass is 1740 g/mol. The molecule has 121 heavy (non-hydrogen) atoms. The number of halogens is 6. The topological polar surface area (TPSA) is 375 Å². The molecule has 4 aliphatic carbocycles. The van der Waals surface area contributed by atoms with Crippen molar-refractivity contribution in [3.8, 4) is 23.0 Å². The smallest absolute Gasteiger partial charge is 0.483 e. The number of ether oxygens (including phenoxy) is 6.